The van der Waals surface area contributed by atoms with Gasteiger partial charge in [0.15, 0.2) is 5.66 Å². The Morgan fingerprint density at radius 3 is 1.62 bits per heavy atom. The molecule has 0 aliphatic rings. The smallest absolute Gasteiger partial charge is 0.339 e. The van der Waals surface area contributed by atoms with Gasteiger partial charge < -0.3 is 19.3 Å². The van der Waals surface area contributed by atoms with Crippen molar-refractivity contribution in [1.82, 2.24) is 0 Å². The molecule has 0 rings (SSSR count). The second-order valence-electron chi connectivity index (χ2n) is 9.33. The molecule has 0 saturated carbocycles. The van der Waals surface area contributed by atoms with Crippen LogP contribution in [0.5, 0.6) is 0 Å². The van der Waals surface area contributed by atoms with Crippen molar-refractivity contribution in [3.63, 3.8) is 0 Å². The summed E-state index contributed by atoms with van der Waals surface area (Å²) in [4.78, 5) is 43.0. The van der Waals surface area contributed by atoms with E-state index in [1.54, 1.807) is 0 Å². The Bertz CT molecular complexity index is 547. The van der Waals surface area contributed by atoms with Crippen LogP contribution in [0, 0.1) is 0 Å². The predicted octanol–water partition coefficient (Wildman–Crippen LogP) is 7.07. The molecule has 8 heteroatoms. The molecule has 0 aromatic rings. The van der Waals surface area contributed by atoms with Gasteiger partial charge in [-0.25, -0.2) is 0 Å². The highest BCUT2D eigenvalue weighted by atomic mass is 31.2. The number of hydrogen-bond acceptors (Lipinski definition) is 5. The Labute approximate surface area is 207 Å². The molecular formula is C26H51O7P. The fourth-order valence-corrected chi connectivity index (χ4v) is 4.72. The van der Waals surface area contributed by atoms with Gasteiger partial charge in [-0.05, 0) is 25.7 Å². The van der Waals surface area contributed by atoms with Crippen LogP contribution in [-0.2, 0) is 23.6 Å². The average Bonchev–Trinajstić information content (AvgIpc) is 2.78. The van der Waals surface area contributed by atoms with Crippen molar-refractivity contribution in [2.75, 3.05) is 13.2 Å². The lowest BCUT2D eigenvalue weighted by Gasteiger charge is -2.17. The van der Waals surface area contributed by atoms with Crippen molar-refractivity contribution in [2.24, 2.45) is 0 Å². The summed E-state index contributed by atoms with van der Waals surface area (Å²) >= 11 is 0. The van der Waals surface area contributed by atoms with E-state index in [9.17, 15) is 23.9 Å². The lowest BCUT2D eigenvalue weighted by atomic mass is 10.1. The Kier molecular flexibility index (Phi) is 21.9. The molecule has 0 spiro atoms. The second kappa shape index (κ2) is 22.5. The van der Waals surface area contributed by atoms with Gasteiger partial charge in [0.05, 0.1) is 13.2 Å². The molecule has 7 nitrogen and oxygen atoms in total. The molecule has 202 valence electrons. The highest BCUT2D eigenvalue weighted by Gasteiger charge is 2.36. The minimum atomic E-state index is -4.53. The topological polar surface area (TPSA) is 110 Å². The maximum atomic E-state index is 12.2. The van der Waals surface area contributed by atoms with E-state index in [1.165, 1.54) is 38.5 Å². The molecule has 0 bridgehead atoms. The number of carbonyl (C=O) groups is 2. The molecule has 34 heavy (non-hydrogen) atoms. The first-order valence-corrected chi connectivity index (χ1v) is 15.4. The third-order valence-electron chi connectivity index (χ3n) is 6.04. The molecular weight excluding hydrogens is 455 g/mol. The van der Waals surface area contributed by atoms with Gasteiger partial charge in [0.1, 0.15) is 0 Å². The predicted molar refractivity (Wildman–Crippen MR) is 137 cm³/mol. The molecule has 2 N–H and O–H groups in total. The quantitative estimate of drug-likeness (QED) is 0.0818. The zero-order valence-corrected chi connectivity index (χ0v) is 22.7. The Morgan fingerprint density at radius 1 is 0.647 bits per heavy atom. The molecule has 0 aromatic carbocycles. The molecule has 1 atom stereocenters. The highest BCUT2D eigenvalue weighted by molar-refractivity contribution is 7.53. The summed E-state index contributed by atoms with van der Waals surface area (Å²) in [5.41, 5.74) is -1.37. The first-order valence-electron chi connectivity index (χ1n) is 13.7. The van der Waals surface area contributed by atoms with Crippen LogP contribution >= 0.6 is 7.60 Å². The van der Waals surface area contributed by atoms with Crippen LogP contribution in [0.15, 0.2) is 0 Å². The van der Waals surface area contributed by atoms with Crippen molar-refractivity contribution < 1.29 is 33.4 Å². The maximum absolute atomic E-state index is 12.2. The number of unbranched alkanes of at least 4 members (excludes halogenated alkanes) is 14. The number of hydrogen-bond donors (Lipinski definition) is 2. The molecule has 0 amide bonds. The largest absolute Gasteiger partial charge is 0.466 e. The van der Waals surface area contributed by atoms with Crippen LogP contribution < -0.4 is 0 Å². The van der Waals surface area contributed by atoms with Crippen molar-refractivity contribution in [3.05, 3.63) is 0 Å². The van der Waals surface area contributed by atoms with E-state index < -0.39 is 19.2 Å². The molecule has 0 saturated heterocycles. The summed E-state index contributed by atoms with van der Waals surface area (Å²) in [6.07, 6.45) is 17.6. The fourth-order valence-electron chi connectivity index (χ4n) is 3.85. The van der Waals surface area contributed by atoms with Gasteiger partial charge in [-0.2, -0.15) is 0 Å². The van der Waals surface area contributed by atoms with Crippen molar-refractivity contribution in [1.29, 1.82) is 0 Å². The number of esters is 2. The summed E-state index contributed by atoms with van der Waals surface area (Å²) in [6, 6.07) is 0. The Hall–Kier alpha value is -0.910. The molecule has 0 heterocycles. The summed E-state index contributed by atoms with van der Waals surface area (Å²) in [5.74, 6) is -0.932. The van der Waals surface area contributed by atoms with Gasteiger partial charge in [-0.3, -0.25) is 14.2 Å². The SMILES string of the molecule is CCCCCCCCOC(=O)CCCCCCCC(C(=O)OCCCCCCCC)P(=O)(O)O. The van der Waals surface area contributed by atoms with E-state index in [0.29, 0.717) is 19.4 Å². The van der Waals surface area contributed by atoms with Crippen molar-refractivity contribution in [3.8, 4) is 0 Å². The minimum absolute atomic E-state index is 0.125. The minimum Gasteiger partial charge on any atom is -0.466 e. The van der Waals surface area contributed by atoms with Gasteiger partial charge in [-0.1, -0.05) is 104 Å². The third-order valence-corrected chi connectivity index (χ3v) is 7.32. The van der Waals surface area contributed by atoms with Gasteiger partial charge in [-0.15, -0.1) is 0 Å². The summed E-state index contributed by atoms with van der Waals surface area (Å²) < 4.78 is 22.1. The molecule has 0 fully saturated rings. The molecule has 1 unspecified atom stereocenters. The third kappa shape index (κ3) is 20.5. The van der Waals surface area contributed by atoms with Crippen LogP contribution in [-0.4, -0.2) is 40.6 Å². The first kappa shape index (κ1) is 33.1. The fraction of sp³-hybridized carbons (Fsp3) is 0.923. The zero-order chi connectivity index (χ0) is 25.5. The van der Waals surface area contributed by atoms with Gasteiger partial charge >= 0.3 is 19.5 Å². The highest BCUT2D eigenvalue weighted by Crippen LogP contribution is 2.44. The zero-order valence-electron chi connectivity index (χ0n) is 21.8. The standard InChI is InChI=1S/C26H51O7P/c1-3-5-7-9-14-18-22-32-25(27)21-17-13-11-12-16-20-24(34(29,30)31)26(28)33-23-19-15-10-8-6-4-2/h24H,3-23H2,1-2H3,(H2,29,30,31). The molecule has 0 aromatic heterocycles. The normalized spacial score (nSPS) is 12.5. The van der Waals surface area contributed by atoms with E-state index in [0.717, 1.165) is 64.2 Å². The Morgan fingerprint density at radius 2 is 1.09 bits per heavy atom. The number of carbonyl (C=O) groups excluding carboxylic acids is 2. The summed E-state index contributed by atoms with van der Waals surface area (Å²) in [7, 11) is -4.53. The first-order chi connectivity index (χ1) is 16.3. The van der Waals surface area contributed by atoms with Crippen molar-refractivity contribution in [2.45, 2.75) is 142 Å². The molecule has 0 aliphatic carbocycles. The molecule has 0 radical (unpaired) electrons. The monoisotopic (exact) mass is 506 g/mol. The summed E-state index contributed by atoms with van der Waals surface area (Å²) in [6.45, 7) is 5.06. The number of rotatable bonds is 24. The summed E-state index contributed by atoms with van der Waals surface area (Å²) in [5, 5.41) is 0. The van der Waals surface area contributed by atoms with Crippen LogP contribution in [0.2, 0.25) is 0 Å². The number of ether oxygens (including phenoxy) is 2. The van der Waals surface area contributed by atoms with Crippen LogP contribution in [0.1, 0.15) is 136 Å². The maximum Gasteiger partial charge on any atom is 0.339 e. The van der Waals surface area contributed by atoms with Crippen LogP contribution in [0.4, 0.5) is 0 Å². The van der Waals surface area contributed by atoms with Gasteiger partial charge in [0.2, 0.25) is 0 Å². The van der Waals surface area contributed by atoms with Crippen LogP contribution in [0.25, 0.3) is 0 Å². The van der Waals surface area contributed by atoms with Gasteiger partial charge in [0.25, 0.3) is 0 Å². The second-order valence-corrected chi connectivity index (χ2v) is 11.1. The van der Waals surface area contributed by atoms with Crippen LogP contribution in [0.3, 0.4) is 0 Å². The molecule has 0 aliphatic heterocycles. The van der Waals surface area contributed by atoms with E-state index in [-0.39, 0.29) is 19.0 Å². The Balaban J connectivity index is 3.83. The van der Waals surface area contributed by atoms with Gasteiger partial charge in [0, 0.05) is 6.42 Å². The van der Waals surface area contributed by atoms with Crippen molar-refractivity contribution >= 4 is 19.5 Å². The van der Waals surface area contributed by atoms with E-state index in [1.807, 2.05) is 0 Å². The average molecular weight is 507 g/mol. The van der Waals surface area contributed by atoms with E-state index in [4.69, 9.17) is 9.47 Å². The lowest BCUT2D eigenvalue weighted by molar-refractivity contribution is -0.144. The lowest BCUT2D eigenvalue weighted by Crippen LogP contribution is -2.24. The van der Waals surface area contributed by atoms with E-state index >= 15 is 0 Å². The van der Waals surface area contributed by atoms with E-state index in [2.05, 4.69) is 13.8 Å².